The van der Waals surface area contributed by atoms with E-state index in [0.717, 1.165) is 18.3 Å². The fraction of sp³-hybridized carbons (Fsp3) is 1.00. The molecule has 0 nitrogen and oxygen atoms in total. The zero-order chi connectivity index (χ0) is 12.6. The van der Waals surface area contributed by atoms with Gasteiger partial charge in [-0.25, -0.2) is 0 Å². The summed E-state index contributed by atoms with van der Waals surface area (Å²) in [7, 11) is 0. The van der Waals surface area contributed by atoms with E-state index < -0.39 is 0 Å². The van der Waals surface area contributed by atoms with Crippen molar-refractivity contribution in [1.82, 2.24) is 0 Å². The number of hydrogen-bond donors (Lipinski definition) is 0. The fourth-order valence-electron chi connectivity index (χ4n) is 4.61. The summed E-state index contributed by atoms with van der Waals surface area (Å²) in [6.07, 6.45) is 21.3. The van der Waals surface area contributed by atoms with Gasteiger partial charge in [-0.1, -0.05) is 108 Å². The summed E-state index contributed by atoms with van der Waals surface area (Å²) in [6.45, 7) is 3.45. The van der Waals surface area contributed by atoms with E-state index in [9.17, 15) is 0 Å². The molecule has 2 aliphatic carbocycles. The predicted molar refractivity (Wildman–Crippen MR) is 83.8 cm³/mol. The first kappa shape index (κ1) is 14.5. The third-order valence-corrected chi connectivity index (χ3v) is 5.65. The molecule has 0 atom stereocenters. The molecule has 104 valence electrons. The molecule has 18 heavy (non-hydrogen) atoms. The standard InChI is InChI=1S/C17H33B/c1-2-3-10-15-18(16-11-6-4-7-12-16)17-13-8-5-9-14-17/h16-17H,2-15H2,1H3. The summed E-state index contributed by atoms with van der Waals surface area (Å²) < 4.78 is 0. The molecule has 0 amide bonds. The van der Waals surface area contributed by atoms with E-state index in [1.54, 1.807) is 32.0 Å². The van der Waals surface area contributed by atoms with Gasteiger partial charge in [0.25, 0.3) is 0 Å². The maximum atomic E-state index is 2.34. The predicted octanol–water partition coefficient (Wildman–Crippen LogP) is 6.34. The Morgan fingerprint density at radius 3 is 1.67 bits per heavy atom. The second kappa shape index (κ2) is 8.28. The summed E-state index contributed by atoms with van der Waals surface area (Å²) >= 11 is 0. The molecule has 0 unspecified atom stereocenters. The van der Waals surface area contributed by atoms with Gasteiger partial charge >= 0.3 is 0 Å². The largest absolute Gasteiger partial charge is 0.146 e. The van der Waals surface area contributed by atoms with Crippen molar-refractivity contribution in [2.75, 3.05) is 0 Å². The molecular weight excluding hydrogens is 215 g/mol. The molecule has 2 fully saturated rings. The van der Waals surface area contributed by atoms with Crippen LogP contribution >= 0.6 is 0 Å². The van der Waals surface area contributed by atoms with Crippen molar-refractivity contribution in [2.24, 2.45) is 0 Å². The highest BCUT2D eigenvalue weighted by Crippen LogP contribution is 2.43. The van der Waals surface area contributed by atoms with Crippen LogP contribution in [0.2, 0.25) is 18.0 Å². The lowest BCUT2D eigenvalue weighted by Crippen LogP contribution is -2.30. The monoisotopic (exact) mass is 248 g/mol. The minimum absolute atomic E-state index is 1.11. The molecule has 0 saturated heterocycles. The normalized spacial score (nSPS) is 23.2. The van der Waals surface area contributed by atoms with Crippen LogP contribution in [0.1, 0.15) is 90.4 Å². The molecule has 2 aliphatic rings. The van der Waals surface area contributed by atoms with Crippen LogP contribution in [0.3, 0.4) is 0 Å². The second-order valence-electron chi connectivity index (χ2n) is 6.96. The van der Waals surface area contributed by atoms with Crippen LogP contribution < -0.4 is 0 Å². The van der Waals surface area contributed by atoms with Crippen molar-refractivity contribution in [1.29, 1.82) is 0 Å². The number of unbranched alkanes of at least 4 members (excludes halogenated alkanes) is 2. The summed E-state index contributed by atoms with van der Waals surface area (Å²) in [5, 5.41) is 0. The van der Waals surface area contributed by atoms with Crippen molar-refractivity contribution in [3.05, 3.63) is 0 Å². The highest BCUT2D eigenvalue weighted by atomic mass is 14.2. The first-order valence-electron chi connectivity index (χ1n) is 8.92. The van der Waals surface area contributed by atoms with Gasteiger partial charge in [-0.05, 0) is 0 Å². The summed E-state index contributed by atoms with van der Waals surface area (Å²) in [6, 6.07) is 0. The van der Waals surface area contributed by atoms with Gasteiger partial charge in [0.05, 0.1) is 0 Å². The Balaban J connectivity index is 1.87. The smallest absolute Gasteiger partial charge is 0.0737 e. The number of rotatable bonds is 6. The molecule has 0 aromatic heterocycles. The second-order valence-corrected chi connectivity index (χ2v) is 6.96. The molecule has 0 spiro atoms. The fourth-order valence-corrected chi connectivity index (χ4v) is 4.61. The van der Waals surface area contributed by atoms with E-state index in [2.05, 4.69) is 6.92 Å². The third-order valence-electron chi connectivity index (χ3n) is 5.65. The van der Waals surface area contributed by atoms with Gasteiger partial charge in [0.2, 0.25) is 0 Å². The summed E-state index contributed by atoms with van der Waals surface area (Å²) in [4.78, 5) is 0. The first-order chi connectivity index (χ1) is 8.92. The van der Waals surface area contributed by atoms with Gasteiger partial charge in [-0.2, -0.15) is 0 Å². The van der Waals surface area contributed by atoms with E-state index in [-0.39, 0.29) is 0 Å². The Bertz CT molecular complexity index is 184. The molecule has 1 heteroatoms. The average Bonchev–Trinajstić information content (AvgIpc) is 2.46. The van der Waals surface area contributed by atoms with Crippen LogP contribution in [-0.4, -0.2) is 6.71 Å². The first-order valence-corrected chi connectivity index (χ1v) is 8.92. The highest BCUT2D eigenvalue weighted by Gasteiger charge is 2.33. The lowest BCUT2D eigenvalue weighted by Gasteiger charge is -2.35. The van der Waals surface area contributed by atoms with E-state index in [1.165, 1.54) is 57.8 Å². The molecular formula is C17H33B. The van der Waals surface area contributed by atoms with Crippen LogP contribution in [0, 0.1) is 0 Å². The molecule has 0 aromatic rings. The molecule has 0 heterocycles. The minimum Gasteiger partial charge on any atom is -0.0737 e. The Morgan fingerprint density at radius 1 is 0.722 bits per heavy atom. The Hall–Kier alpha value is 0.0649. The molecule has 0 N–H and O–H groups in total. The van der Waals surface area contributed by atoms with E-state index >= 15 is 0 Å². The molecule has 2 saturated carbocycles. The van der Waals surface area contributed by atoms with Crippen molar-refractivity contribution < 1.29 is 0 Å². The van der Waals surface area contributed by atoms with Gasteiger partial charge < -0.3 is 0 Å². The zero-order valence-corrected chi connectivity index (χ0v) is 12.6. The van der Waals surface area contributed by atoms with E-state index in [4.69, 9.17) is 0 Å². The van der Waals surface area contributed by atoms with E-state index in [0.29, 0.717) is 0 Å². The van der Waals surface area contributed by atoms with Crippen molar-refractivity contribution >= 4 is 6.71 Å². The highest BCUT2D eigenvalue weighted by molar-refractivity contribution is 6.62. The molecule has 0 aromatic carbocycles. The topological polar surface area (TPSA) is 0 Å². The Kier molecular flexibility index (Phi) is 6.66. The van der Waals surface area contributed by atoms with Crippen molar-refractivity contribution in [2.45, 2.75) is 108 Å². The number of hydrogen-bond acceptors (Lipinski definition) is 0. The molecule has 0 bridgehead atoms. The SMILES string of the molecule is CCCCCB(C1CCCCC1)C1CCCCC1. The third kappa shape index (κ3) is 4.32. The summed E-state index contributed by atoms with van der Waals surface area (Å²) in [5.41, 5.74) is 0. The van der Waals surface area contributed by atoms with Crippen LogP contribution in [0.4, 0.5) is 0 Å². The quantitative estimate of drug-likeness (QED) is 0.380. The van der Waals surface area contributed by atoms with Gasteiger partial charge in [0, 0.05) is 0 Å². The van der Waals surface area contributed by atoms with Crippen LogP contribution in [-0.2, 0) is 0 Å². The van der Waals surface area contributed by atoms with Gasteiger partial charge in [-0.3, -0.25) is 0 Å². The van der Waals surface area contributed by atoms with Crippen molar-refractivity contribution in [3.8, 4) is 0 Å². The molecule has 0 radical (unpaired) electrons. The van der Waals surface area contributed by atoms with Crippen molar-refractivity contribution in [3.63, 3.8) is 0 Å². The maximum absolute atomic E-state index is 2.34. The Morgan fingerprint density at radius 2 is 1.22 bits per heavy atom. The summed E-state index contributed by atoms with van der Waals surface area (Å²) in [5.74, 6) is 2.22. The zero-order valence-electron chi connectivity index (χ0n) is 12.6. The maximum Gasteiger partial charge on any atom is 0.146 e. The Labute approximate surface area is 115 Å². The van der Waals surface area contributed by atoms with Crippen LogP contribution in [0.5, 0.6) is 0 Å². The van der Waals surface area contributed by atoms with Gasteiger partial charge in [0.1, 0.15) is 6.71 Å². The molecule has 0 aliphatic heterocycles. The van der Waals surface area contributed by atoms with Crippen LogP contribution in [0.25, 0.3) is 0 Å². The van der Waals surface area contributed by atoms with E-state index in [1.807, 2.05) is 0 Å². The average molecular weight is 248 g/mol. The van der Waals surface area contributed by atoms with Gasteiger partial charge in [0.15, 0.2) is 0 Å². The lowest BCUT2D eigenvalue weighted by atomic mass is 9.28. The molecule has 2 rings (SSSR count). The van der Waals surface area contributed by atoms with Gasteiger partial charge in [-0.15, -0.1) is 0 Å². The lowest BCUT2D eigenvalue weighted by molar-refractivity contribution is 0.459. The minimum atomic E-state index is 1.11. The van der Waals surface area contributed by atoms with Crippen LogP contribution in [0.15, 0.2) is 0 Å².